The first-order valence-electron chi connectivity index (χ1n) is 4.40. The Morgan fingerprint density at radius 1 is 1.42 bits per heavy atom. The number of carbonyl (C=O) groups excluding carboxylic acids is 1. The van der Waals surface area contributed by atoms with Gasteiger partial charge >= 0.3 is 0 Å². The Kier molecular flexibility index (Phi) is 3.53. The van der Waals surface area contributed by atoms with Crippen LogP contribution in [0.4, 0.5) is 0 Å². The molecule has 0 aromatic heterocycles. The van der Waals surface area contributed by atoms with E-state index in [1.807, 2.05) is 0 Å². The van der Waals surface area contributed by atoms with Crippen LogP contribution in [0.5, 0.6) is 0 Å². The predicted molar refractivity (Wildman–Crippen MR) is 48.3 cm³/mol. The Morgan fingerprint density at radius 2 is 2.00 bits per heavy atom. The quantitative estimate of drug-likeness (QED) is 0.639. The van der Waals surface area contributed by atoms with E-state index in [-0.39, 0.29) is 10.7 Å². The Morgan fingerprint density at radius 3 is 2.42 bits per heavy atom. The Balaban J connectivity index is 2.63. The van der Waals surface area contributed by atoms with E-state index in [1.54, 1.807) is 7.11 Å². The monoisotopic (exact) mass is 190 g/mol. The lowest BCUT2D eigenvalue weighted by Crippen LogP contribution is -2.34. The number of carbonyl (C=O) groups is 1. The van der Waals surface area contributed by atoms with Gasteiger partial charge in [-0.15, -0.1) is 0 Å². The largest absolute Gasteiger partial charge is 0.384 e. The van der Waals surface area contributed by atoms with Crippen molar-refractivity contribution in [3.8, 4) is 0 Å². The molecule has 0 unspecified atom stereocenters. The topological polar surface area (TPSA) is 26.3 Å². The van der Waals surface area contributed by atoms with Gasteiger partial charge in [0.25, 0.3) is 0 Å². The molecule has 1 aliphatic carbocycles. The van der Waals surface area contributed by atoms with Crippen LogP contribution < -0.4 is 0 Å². The standard InChI is InChI=1S/C9H15ClO2/c1-12-7-9(8(10)11)5-3-2-4-6-9/h2-7H2,1H3. The predicted octanol–water partition coefficient (Wildman–Crippen LogP) is 2.35. The van der Waals surface area contributed by atoms with Crippen LogP contribution >= 0.6 is 11.6 Å². The van der Waals surface area contributed by atoms with Crippen LogP contribution in [-0.4, -0.2) is 19.0 Å². The van der Waals surface area contributed by atoms with Gasteiger partial charge in [-0.25, -0.2) is 0 Å². The van der Waals surface area contributed by atoms with E-state index in [1.165, 1.54) is 6.42 Å². The lowest BCUT2D eigenvalue weighted by atomic mass is 9.76. The van der Waals surface area contributed by atoms with Crippen molar-refractivity contribution in [1.29, 1.82) is 0 Å². The van der Waals surface area contributed by atoms with Gasteiger partial charge in [-0.1, -0.05) is 19.3 Å². The van der Waals surface area contributed by atoms with Crippen molar-refractivity contribution < 1.29 is 9.53 Å². The molecule has 0 radical (unpaired) electrons. The van der Waals surface area contributed by atoms with Crippen LogP contribution in [0.2, 0.25) is 0 Å². The molecule has 0 atom stereocenters. The van der Waals surface area contributed by atoms with E-state index in [9.17, 15) is 4.79 Å². The van der Waals surface area contributed by atoms with Crippen molar-refractivity contribution in [2.45, 2.75) is 32.1 Å². The van der Waals surface area contributed by atoms with Gasteiger partial charge in [0.1, 0.15) is 0 Å². The second kappa shape index (κ2) is 4.24. The summed E-state index contributed by atoms with van der Waals surface area (Å²) in [4.78, 5) is 11.2. The highest BCUT2D eigenvalue weighted by atomic mass is 35.5. The van der Waals surface area contributed by atoms with E-state index < -0.39 is 0 Å². The molecule has 0 amide bonds. The van der Waals surface area contributed by atoms with E-state index in [2.05, 4.69) is 0 Å². The summed E-state index contributed by atoms with van der Waals surface area (Å²) in [7, 11) is 1.62. The average molecular weight is 191 g/mol. The van der Waals surface area contributed by atoms with Crippen molar-refractivity contribution in [2.24, 2.45) is 5.41 Å². The Labute approximate surface area is 78.2 Å². The van der Waals surface area contributed by atoms with Gasteiger partial charge in [-0.3, -0.25) is 4.79 Å². The molecule has 1 rings (SSSR count). The minimum Gasteiger partial charge on any atom is -0.384 e. The molecule has 0 aromatic rings. The fourth-order valence-corrected chi connectivity index (χ4v) is 2.15. The fraction of sp³-hybridized carbons (Fsp3) is 0.889. The summed E-state index contributed by atoms with van der Waals surface area (Å²) in [5.41, 5.74) is -0.367. The van der Waals surface area contributed by atoms with Gasteiger partial charge in [0.05, 0.1) is 12.0 Å². The van der Waals surface area contributed by atoms with E-state index in [0.717, 1.165) is 25.7 Å². The molecule has 0 spiro atoms. The van der Waals surface area contributed by atoms with Crippen molar-refractivity contribution in [3.63, 3.8) is 0 Å². The van der Waals surface area contributed by atoms with Crippen molar-refractivity contribution in [1.82, 2.24) is 0 Å². The highest BCUT2D eigenvalue weighted by molar-refractivity contribution is 6.64. The van der Waals surface area contributed by atoms with Crippen LogP contribution in [0.15, 0.2) is 0 Å². The molecule has 12 heavy (non-hydrogen) atoms. The summed E-state index contributed by atoms with van der Waals surface area (Å²) in [6.45, 7) is 0.481. The average Bonchev–Trinajstić information content (AvgIpc) is 2.06. The third-order valence-corrected chi connectivity index (χ3v) is 3.05. The summed E-state index contributed by atoms with van der Waals surface area (Å²) < 4.78 is 5.04. The summed E-state index contributed by atoms with van der Waals surface area (Å²) in [6, 6.07) is 0. The summed E-state index contributed by atoms with van der Waals surface area (Å²) in [5, 5.41) is -0.218. The van der Waals surface area contributed by atoms with Gasteiger partial charge in [-0.05, 0) is 24.4 Å². The first kappa shape index (κ1) is 10.0. The third kappa shape index (κ3) is 1.99. The van der Waals surface area contributed by atoms with E-state index >= 15 is 0 Å². The molecule has 0 bridgehead atoms. The maximum Gasteiger partial charge on any atom is 0.230 e. The molecule has 70 valence electrons. The SMILES string of the molecule is COCC1(C(=O)Cl)CCCCC1. The van der Waals surface area contributed by atoms with Crippen LogP contribution in [-0.2, 0) is 9.53 Å². The number of halogens is 1. The van der Waals surface area contributed by atoms with E-state index in [4.69, 9.17) is 16.3 Å². The van der Waals surface area contributed by atoms with Gasteiger partial charge in [0.15, 0.2) is 0 Å². The molecule has 0 aromatic carbocycles. The number of ether oxygens (including phenoxy) is 1. The number of rotatable bonds is 3. The zero-order valence-corrected chi connectivity index (χ0v) is 8.19. The zero-order valence-electron chi connectivity index (χ0n) is 7.44. The second-order valence-electron chi connectivity index (χ2n) is 3.55. The van der Waals surface area contributed by atoms with Crippen LogP contribution in [0.1, 0.15) is 32.1 Å². The minimum absolute atomic E-state index is 0.218. The lowest BCUT2D eigenvalue weighted by molar-refractivity contribution is -0.125. The number of methoxy groups -OCH3 is 1. The molecule has 1 fully saturated rings. The Hall–Kier alpha value is -0.0800. The molecule has 1 saturated carbocycles. The van der Waals surface area contributed by atoms with Crippen molar-refractivity contribution in [2.75, 3.05) is 13.7 Å². The fourth-order valence-electron chi connectivity index (χ4n) is 1.90. The molecule has 0 aliphatic heterocycles. The van der Waals surface area contributed by atoms with Crippen molar-refractivity contribution >= 4 is 16.8 Å². The first-order valence-corrected chi connectivity index (χ1v) is 4.78. The Bertz CT molecular complexity index is 156. The van der Waals surface area contributed by atoms with Gasteiger partial charge in [0, 0.05) is 7.11 Å². The highest BCUT2D eigenvalue weighted by Crippen LogP contribution is 2.38. The highest BCUT2D eigenvalue weighted by Gasteiger charge is 2.38. The molecule has 0 heterocycles. The molecule has 3 heteroatoms. The lowest BCUT2D eigenvalue weighted by Gasteiger charge is -2.32. The molecular formula is C9H15ClO2. The molecular weight excluding hydrogens is 176 g/mol. The molecule has 0 saturated heterocycles. The summed E-state index contributed by atoms with van der Waals surface area (Å²) in [6.07, 6.45) is 5.20. The normalized spacial score (nSPS) is 22.2. The zero-order chi connectivity index (χ0) is 9.03. The van der Waals surface area contributed by atoms with Crippen LogP contribution in [0.3, 0.4) is 0 Å². The van der Waals surface area contributed by atoms with E-state index in [0.29, 0.717) is 6.61 Å². The number of hydrogen-bond donors (Lipinski definition) is 0. The van der Waals surface area contributed by atoms with Gasteiger partial charge in [-0.2, -0.15) is 0 Å². The summed E-state index contributed by atoms with van der Waals surface area (Å²) >= 11 is 5.57. The third-order valence-electron chi connectivity index (χ3n) is 2.65. The van der Waals surface area contributed by atoms with Crippen molar-refractivity contribution in [3.05, 3.63) is 0 Å². The van der Waals surface area contributed by atoms with Crippen LogP contribution in [0.25, 0.3) is 0 Å². The van der Waals surface area contributed by atoms with Crippen LogP contribution in [0, 0.1) is 5.41 Å². The number of hydrogen-bond acceptors (Lipinski definition) is 2. The smallest absolute Gasteiger partial charge is 0.230 e. The molecule has 0 N–H and O–H groups in total. The molecule has 2 nitrogen and oxygen atoms in total. The second-order valence-corrected chi connectivity index (χ2v) is 3.89. The van der Waals surface area contributed by atoms with Gasteiger partial charge < -0.3 is 4.74 Å². The maximum atomic E-state index is 11.2. The minimum atomic E-state index is -0.367. The van der Waals surface area contributed by atoms with Gasteiger partial charge in [0.2, 0.25) is 5.24 Å². The maximum absolute atomic E-state index is 11.2. The first-order chi connectivity index (χ1) is 5.71. The molecule has 1 aliphatic rings. The summed E-state index contributed by atoms with van der Waals surface area (Å²) in [5.74, 6) is 0.